The van der Waals surface area contributed by atoms with Gasteiger partial charge in [-0.1, -0.05) is 39.2 Å². The van der Waals surface area contributed by atoms with E-state index < -0.39 is 5.56 Å². The minimum atomic E-state index is -0.449. The monoisotopic (exact) mass is 496 g/mol. The molecule has 36 heavy (non-hydrogen) atoms. The van der Waals surface area contributed by atoms with Crippen LogP contribution < -0.4 is 20.3 Å². The number of aromatic hydroxyl groups is 1. The minimum absolute atomic E-state index is 0.0420. The smallest absolute Gasteiger partial charge is 0.261 e. The third-order valence-electron chi connectivity index (χ3n) is 6.16. The number of carbonyl (C=O) groups is 1. The third kappa shape index (κ3) is 6.13. The zero-order valence-corrected chi connectivity index (χ0v) is 21.6. The number of aromatic amines is 1. The van der Waals surface area contributed by atoms with E-state index in [-0.39, 0.29) is 30.1 Å². The van der Waals surface area contributed by atoms with Gasteiger partial charge in [-0.2, -0.15) is 10.2 Å². The van der Waals surface area contributed by atoms with Crippen molar-refractivity contribution in [2.24, 2.45) is 10.2 Å². The summed E-state index contributed by atoms with van der Waals surface area (Å²) in [5, 5.41) is 22.7. The molecule has 0 spiro atoms. The number of benzene rings is 1. The first kappa shape index (κ1) is 27.0. The molecule has 9 nitrogen and oxygen atoms in total. The van der Waals surface area contributed by atoms with Crippen molar-refractivity contribution in [3.05, 3.63) is 39.8 Å². The van der Waals surface area contributed by atoms with Gasteiger partial charge >= 0.3 is 0 Å². The number of rotatable bonds is 13. The zero-order valence-electron chi connectivity index (χ0n) is 21.6. The van der Waals surface area contributed by atoms with Crippen molar-refractivity contribution in [2.45, 2.75) is 65.2 Å². The highest BCUT2D eigenvalue weighted by molar-refractivity contribution is 6.19. The Balaban J connectivity index is 1.95. The largest absolute Gasteiger partial charge is 0.506 e. The highest BCUT2D eigenvalue weighted by Crippen LogP contribution is 2.45. The molecule has 9 heteroatoms. The maximum Gasteiger partial charge on any atom is 0.261 e. The summed E-state index contributed by atoms with van der Waals surface area (Å²) in [7, 11) is 3.09. The first-order valence-electron chi connectivity index (χ1n) is 12.5. The van der Waals surface area contributed by atoms with Gasteiger partial charge in [0.15, 0.2) is 0 Å². The molecular formula is C27H36N4O5. The van der Waals surface area contributed by atoms with Gasteiger partial charge in [0.2, 0.25) is 5.91 Å². The van der Waals surface area contributed by atoms with Crippen molar-refractivity contribution >= 4 is 17.3 Å². The van der Waals surface area contributed by atoms with Crippen LogP contribution in [0.5, 0.6) is 17.2 Å². The molecule has 3 N–H and O–H groups in total. The predicted molar refractivity (Wildman–Crippen MR) is 142 cm³/mol. The van der Waals surface area contributed by atoms with Crippen molar-refractivity contribution in [1.29, 1.82) is 0 Å². The molecular weight excluding hydrogens is 460 g/mol. The molecule has 0 unspecified atom stereocenters. The number of unbranched alkanes of at least 4 members (excludes halogenated alkanes) is 3. The number of H-pyrrole nitrogens is 1. The lowest BCUT2D eigenvalue weighted by atomic mass is 9.93. The fourth-order valence-corrected chi connectivity index (χ4v) is 4.30. The van der Waals surface area contributed by atoms with E-state index in [0.717, 1.165) is 32.1 Å². The molecule has 1 aromatic carbocycles. The highest BCUT2D eigenvalue weighted by atomic mass is 16.5. The van der Waals surface area contributed by atoms with Crippen molar-refractivity contribution in [2.75, 3.05) is 20.8 Å². The van der Waals surface area contributed by atoms with Crippen molar-refractivity contribution < 1.29 is 19.4 Å². The van der Waals surface area contributed by atoms with Gasteiger partial charge in [0.05, 0.1) is 43.2 Å². The van der Waals surface area contributed by atoms with Crippen molar-refractivity contribution in [3.63, 3.8) is 0 Å². The number of pyridine rings is 1. The summed E-state index contributed by atoms with van der Waals surface area (Å²) in [6, 6.07) is 5.35. The van der Waals surface area contributed by atoms with E-state index in [1.807, 2.05) is 0 Å². The molecule has 194 valence electrons. The first-order valence-corrected chi connectivity index (χ1v) is 12.5. The molecule has 0 atom stereocenters. The summed E-state index contributed by atoms with van der Waals surface area (Å²) in [5.41, 5.74) is 2.04. The summed E-state index contributed by atoms with van der Waals surface area (Å²) in [4.78, 5) is 28.4. The molecule has 1 aliphatic rings. The lowest BCUT2D eigenvalue weighted by Gasteiger charge is -2.19. The van der Waals surface area contributed by atoms with Crippen LogP contribution in [-0.4, -0.2) is 48.2 Å². The molecule has 2 heterocycles. The van der Waals surface area contributed by atoms with Gasteiger partial charge in [0, 0.05) is 18.7 Å². The molecule has 0 saturated carbocycles. The van der Waals surface area contributed by atoms with E-state index >= 15 is 0 Å². The second-order valence-corrected chi connectivity index (χ2v) is 8.80. The Bertz CT molecular complexity index is 1180. The fraction of sp³-hybridized carbons (Fsp3) is 0.481. The van der Waals surface area contributed by atoms with Crippen LogP contribution in [0.2, 0.25) is 0 Å². The van der Waals surface area contributed by atoms with Gasteiger partial charge in [0.25, 0.3) is 5.56 Å². The van der Waals surface area contributed by atoms with Crippen LogP contribution in [0.3, 0.4) is 0 Å². The Kier molecular flexibility index (Phi) is 9.67. The second-order valence-electron chi connectivity index (χ2n) is 8.80. The van der Waals surface area contributed by atoms with Crippen molar-refractivity contribution in [1.82, 2.24) is 10.3 Å². The molecule has 0 saturated heterocycles. The van der Waals surface area contributed by atoms with Gasteiger partial charge in [-0.15, -0.1) is 0 Å². The van der Waals surface area contributed by atoms with E-state index in [0.29, 0.717) is 52.7 Å². The number of hydrogen-bond donors (Lipinski definition) is 3. The van der Waals surface area contributed by atoms with E-state index in [1.165, 1.54) is 0 Å². The van der Waals surface area contributed by atoms with E-state index in [1.54, 1.807) is 32.4 Å². The molecule has 0 fully saturated rings. The fourth-order valence-electron chi connectivity index (χ4n) is 4.30. The number of carbonyl (C=O) groups excluding carboxylic acids is 1. The lowest BCUT2D eigenvalue weighted by molar-refractivity contribution is -0.119. The third-order valence-corrected chi connectivity index (χ3v) is 6.16. The van der Waals surface area contributed by atoms with Gasteiger partial charge in [0.1, 0.15) is 22.8 Å². The number of nitrogens with zero attached hydrogens (tertiary/aromatic N) is 2. The normalized spacial score (nSPS) is 12.8. The number of ether oxygens (including phenoxy) is 2. The molecule has 0 aliphatic carbocycles. The lowest BCUT2D eigenvalue weighted by Crippen LogP contribution is -2.27. The second kappa shape index (κ2) is 12.9. The first-order chi connectivity index (χ1) is 17.4. The van der Waals surface area contributed by atoms with Crippen LogP contribution in [0.25, 0.3) is 11.1 Å². The summed E-state index contributed by atoms with van der Waals surface area (Å²) in [5.74, 6) is 0.677. The SMILES string of the molecule is CCCCCNC(=O)CC1=NN=C(c2c(O)c(-c3c(OC)cccc3OC)c(CCCC)[nH]c2=O)C1. The Hall–Kier alpha value is -3.62. The summed E-state index contributed by atoms with van der Waals surface area (Å²) in [6.07, 6.45) is 5.66. The number of aromatic nitrogens is 1. The topological polar surface area (TPSA) is 125 Å². The van der Waals surface area contributed by atoms with E-state index in [2.05, 4.69) is 34.4 Å². The summed E-state index contributed by atoms with van der Waals surface area (Å²) >= 11 is 0. The van der Waals surface area contributed by atoms with Crippen LogP contribution in [0.4, 0.5) is 0 Å². The average Bonchev–Trinajstić information content (AvgIpc) is 3.32. The van der Waals surface area contributed by atoms with Crippen LogP contribution in [0.1, 0.15) is 70.1 Å². The number of hydrogen-bond acceptors (Lipinski definition) is 7. The Morgan fingerprint density at radius 3 is 2.36 bits per heavy atom. The van der Waals surface area contributed by atoms with Gasteiger partial charge in [-0.05, 0) is 31.4 Å². The average molecular weight is 497 g/mol. The predicted octanol–water partition coefficient (Wildman–Crippen LogP) is 4.35. The minimum Gasteiger partial charge on any atom is -0.506 e. The molecule has 1 aromatic heterocycles. The molecule has 0 radical (unpaired) electrons. The Morgan fingerprint density at radius 1 is 1.03 bits per heavy atom. The van der Waals surface area contributed by atoms with Gasteiger partial charge in [-0.3, -0.25) is 9.59 Å². The molecule has 1 aliphatic heterocycles. The Labute approximate surface area is 211 Å². The molecule has 2 aromatic rings. The highest BCUT2D eigenvalue weighted by Gasteiger charge is 2.28. The molecule has 1 amide bonds. The van der Waals surface area contributed by atoms with E-state index in [4.69, 9.17) is 9.47 Å². The zero-order chi connectivity index (χ0) is 26.1. The van der Waals surface area contributed by atoms with E-state index in [9.17, 15) is 14.7 Å². The van der Waals surface area contributed by atoms with Gasteiger partial charge in [-0.25, -0.2) is 0 Å². The van der Waals surface area contributed by atoms with Crippen LogP contribution >= 0.6 is 0 Å². The van der Waals surface area contributed by atoms with Crippen LogP contribution in [0, 0.1) is 0 Å². The quantitative estimate of drug-likeness (QED) is 0.356. The number of aryl methyl sites for hydroxylation is 1. The molecule has 3 rings (SSSR count). The van der Waals surface area contributed by atoms with Gasteiger partial charge < -0.3 is 24.9 Å². The van der Waals surface area contributed by atoms with Crippen LogP contribution in [-0.2, 0) is 11.2 Å². The van der Waals surface area contributed by atoms with Crippen molar-refractivity contribution in [3.8, 4) is 28.4 Å². The Morgan fingerprint density at radius 2 is 1.72 bits per heavy atom. The standard InChI is InChI=1S/C27H36N4O5/c1-5-7-9-14-28-22(32)16-17-15-19(31-30-17)24-26(33)23(18(11-8-6-2)29-27(24)34)25-20(35-3)12-10-13-21(25)36-4/h10,12-13H,5-9,11,14-16H2,1-4H3,(H,28,32)(H2,29,33,34). The van der Waals surface area contributed by atoms with Crippen LogP contribution in [0.15, 0.2) is 33.2 Å². The maximum absolute atomic E-state index is 13.1. The number of methoxy groups -OCH3 is 2. The summed E-state index contributed by atoms with van der Waals surface area (Å²) in [6.45, 7) is 4.79. The number of nitrogens with one attached hydrogen (secondary N) is 2. The maximum atomic E-state index is 13.1. The molecule has 0 bridgehead atoms. The number of amides is 1. The summed E-state index contributed by atoms with van der Waals surface area (Å²) < 4.78 is 11.2.